The first-order valence-corrected chi connectivity index (χ1v) is 5.34. The highest BCUT2D eigenvalue weighted by molar-refractivity contribution is 5.53. The molecule has 1 aromatic carbocycles. The molecule has 0 bridgehead atoms. The molecule has 0 fully saturated rings. The van der Waals surface area contributed by atoms with E-state index >= 15 is 0 Å². The van der Waals surface area contributed by atoms with Gasteiger partial charge in [-0.3, -0.25) is 0 Å². The van der Waals surface area contributed by atoms with Crippen LogP contribution >= 0.6 is 0 Å². The molecule has 1 rings (SSSR count). The summed E-state index contributed by atoms with van der Waals surface area (Å²) in [4.78, 5) is 0. The number of nitrogens with one attached hydrogen (secondary N) is 1. The summed E-state index contributed by atoms with van der Waals surface area (Å²) in [5.74, 6) is 0.662. The zero-order valence-corrected chi connectivity index (χ0v) is 9.89. The number of aryl methyl sites for hydroxylation is 2. The number of benzene rings is 1. The smallest absolute Gasteiger partial charge is 0.0374 e. The van der Waals surface area contributed by atoms with Crippen LogP contribution in [0.15, 0.2) is 18.2 Å². The Morgan fingerprint density at radius 2 is 1.71 bits per heavy atom. The molecule has 0 aromatic heterocycles. The van der Waals surface area contributed by atoms with Gasteiger partial charge in [-0.2, -0.15) is 0 Å². The SMILES string of the molecule is Cc1ccc(C)c(NC(C)C(C)C)c1. The van der Waals surface area contributed by atoms with Crippen LogP contribution in [0.4, 0.5) is 5.69 Å². The lowest BCUT2D eigenvalue weighted by molar-refractivity contribution is 0.559. The Kier molecular flexibility index (Phi) is 3.56. The van der Waals surface area contributed by atoms with Crippen LogP contribution in [-0.4, -0.2) is 6.04 Å². The zero-order chi connectivity index (χ0) is 10.7. The van der Waals surface area contributed by atoms with Gasteiger partial charge in [-0.05, 0) is 43.9 Å². The van der Waals surface area contributed by atoms with Gasteiger partial charge in [0, 0.05) is 11.7 Å². The number of anilines is 1. The molecule has 0 radical (unpaired) electrons. The molecule has 0 saturated heterocycles. The van der Waals surface area contributed by atoms with Crippen LogP contribution in [-0.2, 0) is 0 Å². The van der Waals surface area contributed by atoms with Crippen molar-refractivity contribution in [1.82, 2.24) is 0 Å². The van der Waals surface area contributed by atoms with E-state index in [0.29, 0.717) is 12.0 Å². The van der Waals surface area contributed by atoms with Crippen molar-refractivity contribution in [3.63, 3.8) is 0 Å². The first-order valence-electron chi connectivity index (χ1n) is 5.34. The Bertz CT molecular complexity index is 302. The topological polar surface area (TPSA) is 12.0 Å². The fourth-order valence-electron chi connectivity index (χ4n) is 1.30. The molecule has 0 aliphatic heterocycles. The molecule has 0 aliphatic rings. The number of rotatable bonds is 3. The van der Waals surface area contributed by atoms with Crippen molar-refractivity contribution in [1.29, 1.82) is 0 Å². The average molecular weight is 191 g/mol. The minimum Gasteiger partial charge on any atom is -0.382 e. The first-order chi connectivity index (χ1) is 6.50. The molecular formula is C13H21N. The van der Waals surface area contributed by atoms with Gasteiger partial charge in [-0.15, -0.1) is 0 Å². The molecule has 1 heteroatoms. The molecule has 0 heterocycles. The van der Waals surface area contributed by atoms with Crippen molar-refractivity contribution >= 4 is 5.69 Å². The summed E-state index contributed by atoms with van der Waals surface area (Å²) >= 11 is 0. The van der Waals surface area contributed by atoms with E-state index in [1.807, 2.05) is 0 Å². The summed E-state index contributed by atoms with van der Waals surface area (Å²) in [6, 6.07) is 7.06. The highest BCUT2D eigenvalue weighted by Gasteiger charge is 2.07. The second kappa shape index (κ2) is 4.50. The van der Waals surface area contributed by atoms with E-state index in [1.165, 1.54) is 16.8 Å². The minimum absolute atomic E-state index is 0.524. The summed E-state index contributed by atoms with van der Waals surface area (Å²) in [6.45, 7) is 11.0. The highest BCUT2D eigenvalue weighted by Crippen LogP contribution is 2.18. The van der Waals surface area contributed by atoms with Gasteiger partial charge in [0.1, 0.15) is 0 Å². The van der Waals surface area contributed by atoms with E-state index < -0.39 is 0 Å². The molecule has 1 atom stereocenters. The largest absolute Gasteiger partial charge is 0.382 e. The monoisotopic (exact) mass is 191 g/mol. The molecule has 14 heavy (non-hydrogen) atoms. The van der Waals surface area contributed by atoms with E-state index in [-0.39, 0.29) is 0 Å². The number of hydrogen-bond acceptors (Lipinski definition) is 1. The first kappa shape index (κ1) is 11.1. The van der Waals surface area contributed by atoms with Gasteiger partial charge in [0.15, 0.2) is 0 Å². The van der Waals surface area contributed by atoms with Crippen molar-refractivity contribution in [2.75, 3.05) is 5.32 Å². The second-order valence-corrected chi connectivity index (χ2v) is 4.50. The molecule has 1 nitrogen and oxygen atoms in total. The zero-order valence-electron chi connectivity index (χ0n) is 9.89. The van der Waals surface area contributed by atoms with Crippen LogP contribution in [0, 0.1) is 19.8 Å². The molecular weight excluding hydrogens is 170 g/mol. The van der Waals surface area contributed by atoms with E-state index in [0.717, 1.165) is 0 Å². The molecule has 1 unspecified atom stereocenters. The maximum atomic E-state index is 3.55. The molecule has 0 spiro atoms. The fourth-order valence-corrected chi connectivity index (χ4v) is 1.30. The van der Waals surface area contributed by atoms with Crippen LogP contribution in [0.1, 0.15) is 31.9 Å². The van der Waals surface area contributed by atoms with Gasteiger partial charge in [-0.25, -0.2) is 0 Å². The summed E-state index contributed by atoms with van der Waals surface area (Å²) in [6.07, 6.45) is 0. The number of hydrogen-bond donors (Lipinski definition) is 1. The van der Waals surface area contributed by atoms with Crippen molar-refractivity contribution < 1.29 is 0 Å². The Morgan fingerprint density at radius 1 is 1.07 bits per heavy atom. The van der Waals surface area contributed by atoms with Crippen molar-refractivity contribution in [3.8, 4) is 0 Å². The lowest BCUT2D eigenvalue weighted by Crippen LogP contribution is -2.21. The third-order valence-corrected chi connectivity index (χ3v) is 2.78. The Hall–Kier alpha value is -0.980. The molecule has 1 N–H and O–H groups in total. The van der Waals surface area contributed by atoms with Gasteiger partial charge in [-0.1, -0.05) is 26.0 Å². The van der Waals surface area contributed by atoms with Crippen molar-refractivity contribution in [2.24, 2.45) is 5.92 Å². The predicted molar refractivity (Wildman–Crippen MR) is 63.8 cm³/mol. The third kappa shape index (κ3) is 2.76. The molecule has 0 amide bonds. The van der Waals surface area contributed by atoms with Crippen LogP contribution in [0.3, 0.4) is 0 Å². The van der Waals surface area contributed by atoms with Crippen LogP contribution in [0.2, 0.25) is 0 Å². The van der Waals surface area contributed by atoms with E-state index in [1.54, 1.807) is 0 Å². The van der Waals surface area contributed by atoms with Crippen LogP contribution in [0.5, 0.6) is 0 Å². The van der Waals surface area contributed by atoms with Crippen LogP contribution < -0.4 is 5.32 Å². The van der Waals surface area contributed by atoms with E-state index in [2.05, 4.69) is 58.1 Å². The quantitative estimate of drug-likeness (QED) is 0.767. The normalized spacial score (nSPS) is 13.0. The van der Waals surface area contributed by atoms with Crippen LogP contribution in [0.25, 0.3) is 0 Å². The highest BCUT2D eigenvalue weighted by atomic mass is 14.9. The molecule has 78 valence electrons. The maximum absolute atomic E-state index is 3.55. The lowest BCUT2D eigenvalue weighted by Gasteiger charge is -2.20. The fraction of sp³-hybridized carbons (Fsp3) is 0.538. The average Bonchev–Trinajstić information content (AvgIpc) is 2.11. The van der Waals surface area contributed by atoms with Gasteiger partial charge in [0.2, 0.25) is 0 Å². The van der Waals surface area contributed by atoms with Crippen molar-refractivity contribution in [2.45, 2.75) is 40.7 Å². The van der Waals surface area contributed by atoms with Gasteiger partial charge >= 0.3 is 0 Å². The predicted octanol–water partition coefficient (Wildman–Crippen LogP) is 3.76. The third-order valence-electron chi connectivity index (χ3n) is 2.78. The summed E-state index contributed by atoms with van der Waals surface area (Å²) in [5.41, 5.74) is 3.91. The lowest BCUT2D eigenvalue weighted by atomic mass is 10.0. The Morgan fingerprint density at radius 3 is 2.29 bits per heavy atom. The Labute approximate surface area is 87.5 Å². The van der Waals surface area contributed by atoms with E-state index in [9.17, 15) is 0 Å². The summed E-state index contributed by atoms with van der Waals surface area (Å²) in [5, 5.41) is 3.55. The second-order valence-electron chi connectivity index (χ2n) is 4.50. The molecule has 1 aromatic rings. The molecule has 0 aliphatic carbocycles. The molecule has 0 saturated carbocycles. The van der Waals surface area contributed by atoms with Gasteiger partial charge in [0.25, 0.3) is 0 Å². The maximum Gasteiger partial charge on any atom is 0.0374 e. The minimum atomic E-state index is 0.524. The Balaban J connectivity index is 2.80. The van der Waals surface area contributed by atoms with Gasteiger partial charge < -0.3 is 5.32 Å². The van der Waals surface area contributed by atoms with Gasteiger partial charge in [0.05, 0.1) is 0 Å². The summed E-state index contributed by atoms with van der Waals surface area (Å²) in [7, 11) is 0. The standard InChI is InChI=1S/C13H21N/c1-9(2)12(5)14-13-8-10(3)6-7-11(13)4/h6-9,12,14H,1-5H3. The van der Waals surface area contributed by atoms with Crippen molar-refractivity contribution in [3.05, 3.63) is 29.3 Å². The summed E-state index contributed by atoms with van der Waals surface area (Å²) < 4.78 is 0. The van der Waals surface area contributed by atoms with E-state index in [4.69, 9.17) is 0 Å².